The van der Waals surface area contributed by atoms with Gasteiger partial charge in [0.15, 0.2) is 5.82 Å². The summed E-state index contributed by atoms with van der Waals surface area (Å²) in [7, 11) is 0. The molecule has 86 valence electrons. The first-order valence-corrected chi connectivity index (χ1v) is 4.95. The van der Waals surface area contributed by atoms with Crippen LogP contribution in [0.4, 0.5) is 0 Å². The number of nitrogens with two attached hydrogens (primary N) is 1. The van der Waals surface area contributed by atoms with E-state index in [2.05, 4.69) is 10.1 Å². The fraction of sp³-hybridized carbons (Fsp3) is 0.182. The summed E-state index contributed by atoms with van der Waals surface area (Å²) in [5, 5.41) is 21.2. The van der Waals surface area contributed by atoms with E-state index in [1.54, 1.807) is 24.3 Å². The van der Waals surface area contributed by atoms with Gasteiger partial charge in [0.05, 0.1) is 24.3 Å². The van der Waals surface area contributed by atoms with Crippen molar-refractivity contribution in [2.75, 3.05) is 6.61 Å². The Hall–Kier alpha value is -2.23. The quantitative estimate of drug-likeness (QED) is 0.799. The van der Waals surface area contributed by atoms with Crippen molar-refractivity contribution in [2.45, 2.75) is 6.04 Å². The van der Waals surface area contributed by atoms with Gasteiger partial charge >= 0.3 is 0 Å². The summed E-state index contributed by atoms with van der Waals surface area (Å²) >= 11 is 0. The van der Waals surface area contributed by atoms with Gasteiger partial charge in [0.25, 0.3) is 5.89 Å². The van der Waals surface area contributed by atoms with Gasteiger partial charge in [-0.15, -0.1) is 0 Å². The predicted molar refractivity (Wildman–Crippen MR) is 58.5 cm³/mol. The first kappa shape index (κ1) is 11.3. The Morgan fingerprint density at radius 1 is 1.41 bits per heavy atom. The van der Waals surface area contributed by atoms with E-state index in [9.17, 15) is 0 Å². The van der Waals surface area contributed by atoms with Crippen LogP contribution < -0.4 is 5.73 Å². The standard InChI is InChI=1S/C11H10N4O2/c12-5-7-1-3-8(4-2-7)11-14-10(15-17-11)9(13)6-16/h1-4,9,16H,6,13H2. The molecule has 1 atom stereocenters. The number of hydrogen-bond acceptors (Lipinski definition) is 6. The Morgan fingerprint density at radius 3 is 2.71 bits per heavy atom. The molecule has 1 unspecified atom stereocenters. The molecule has 0 aliphatic carbocycles. The van der Waals surface area contributed by atoms with E-state index in [1.807, 2.05) is 6.07 Å². The van der Waals surface area contributed by atoms with Crippen molar-refractivity contribution in [3.63, 3.8) is 0 Å². The van der Waals surface area contributed by atoms with Crippen molar-refractivity contribution in [1.82, 2.24) is 10.1 Å². The lowest BCUT2D eigenvalue weighted by molar-refractivity contribution is 0.260. The maximum absolute atomic E-state index is 8.85. The largest absolute Gasteiger partial charge is 0.394 e. The van der Waals surface area contributed by atoms with Gasteiger partial charge < -0.3 is 15.4 Å². The summed E-state index contributed by atoms with van der Waals surface area (Å²) in [6.45, 7) is -0.244. The smallest absolute Gasteiger partial charge is 0.257 e. The van der Waals surface area contributed by atoms with Crippen LogP contribution in [0.3, 0.4) is 0 Å². The van der Waals surface area contributed by atoms with Crippen LogP contribution >= 0.6 is 0 Å². The average Bonchev–Trinajstić information content (AvgIpc) is 2.87. The van der Waals surface area contributed by atoms with E-state index in [1.165, 1.54) is 0 Å². The number of hydrogen-bond donors (Lipinski definition) is 2. The van der Waals surface area contributed by atoms with Crippen molar-refractivity contribution in [3.8, 4) is 17.5 Å². The molecule has 0 saturated heterocycles. The second kappa shape index (κ2) is 4.74. The molecule has 0 aliphatic heterocycles. The molecule has 1 heterocycles. The van der Waals surface area contributed by atoms with Gasteiger partial charge in [-0.2, -0.15) is 10.2 Å². The van der Waals surface area contributed by atoms with E-state index in [-0.39, 0.29) is 12.4 Å². The zero-order chi connectivity index (χ0) is 12.3. The van der Waals surface area contributed by atoms with Crippen LogP contribution in [0, 0.1) is 11.3 Å². The predicted octanol–water partition coefficient (Wildman–Crippen LogP) is 0.600. The summed E-state index contributed by atoms with van der Waals surface area (Å²) < 4.78 is 5.01. The van der Waals surface area contributed by atoms with Gasteiger partial charge in [-0.1, -0.05) is 5.16 Å². The number of rotatable bonds is 3. The fourth-order valence-electron chi connectivity index (χ4n) is 1.27. The van der Waals surface area contributed by atoms with Crippen LogP contribution in [0.15, 0.2) is 28.8 Å². The highest BCUT2D eigenvalue weighted by atomic mass is 16.5. The highest BCUT2D eigenvalue weighted by molar-refractivity contribution is 5.54. The zero-order valence-corrected chi connectivity index (χ0v) is 8.87. The normalized spacial score (nSPS) is 12.1. The van der Waals surface area contributed by atoms with Crippen molar-refractivity contribution in [1.29, 1.82) is 5.26 Å². The molecule has 0 amide bonds. The first-order chi connectivity index (χ1) is 8.24. The number of aliphatic hydroxyl groups excluding tert-OH is 1. The Balaban J connectivity index is 2.28. The second-order valence-corrected chi connectivity index (χ2v) is 3.44. The molecule has 0 fully saturated rings. The van der Waals surface area contributed by atoms with Crippen molar-refractivity contribution >= 4 is 0 Å². The summed E-state index contributed by atoms with van der Waals surface area (Å²) in [6.07, 6.45) is 0. The molecule has 2 aromatic rings. The number of nitrogens with zero attached hydrogens (tertiary/aromatic N) is 3. The number of aliphatic hydroxyl groups is 1. The van der Waals surface area contributed by atoms with Crippen molar-refractivity contribution in [2.24, 2.45) is 5.73 Å². The maximum atomic E-state index is 8.85. The van der Waals surface area contributed by atoms with E-state index in [0.29, 0.717) is 17.0 Å². The monoisotopic (exact) mass is 230 g/mol. The van der Waals surface area contributed by atoms with Crippen LogP contribution in [0.1, 0.15) is 17.4 Å². The van der Waals surface area contributed by atoms with Crippen LogP contribution in [-0.2, 0) is 0 Å². The molecule has 1 aromatic carbocycles. The summed E-state index contributed by atoms with van der Waals surface area (Å²) in [6, 6.07) is 8.10. The van der Waals surface area contributed by atoms with Gasteiger partial charge in [0, 0.05) is 5.56 Å². The van der Waals surface area contributed by atoms with Crippen LogP contribution in [0.25, 0.3) is 11.5 Å². The number of benzene rings is 1. The zero-order valence-electron chi connectivity index (χ0n) is 8.87. The maximum Gasteiger partial charge on any atom is 0.257 e. The summed E-state index contributed by atoms with van der Waals surface area (Å²) in [5.74, 6) is 0.570. The van der Waals surface area contributed by atoms with E-state index >= 15 is 0 Å². The Labute approximate surface area is 97.3 Å². The Kier molecular flexibility index (Phi) is 3.14. The molecule has 2 rings (SSSR count). The molecule has 1 aromatic heterocycles. The molecule has 6 nitrogen and oxygen atoms in total. The third-order valence-electron chi connectivity index (χ3n) is 2.23. The Morgan fingerprint density at radius 2 is 2.12 bits per heavy atom. The van der Waals surface area contributed by atoms with Crippen LogP contribution in [0.5, 0.6) is 0 Å². The van der Waals surface area contributed by atoms with Gasteiger partial charge in [-0.3, -0.25) is 0 Å². The van der Waals surface area contributed by atoms with Gasteiger partial charge in [-0.25, -0.2) is 0 Å². The molecule has 6 heteroatoms. The minimum Gasteiger partial charge on any atom is -0.394 e. The average molecular weight is 230 g/mol. The topological polar surface area (TPSA) is 109 Å². The lowest BCUT2D eigenvalue weighted by Gasteiger charge is -1.98. The molecule has 0 aliphatic rings. The van der Waals surface area contributed by atoms with Gasteiger partial charge in [0.1, 0.15) is 0 Å². The number of nitriles is 1. The highest BCUT2D eigenvalue weighted by Crippen LogP contribution is 2.18. The highest BCUT2D eigenvalue weighted by Gasteiger charge is 2.14. The SMILES string of the molecule is N#Cc1ccc(-c2nc(C(N)CO)no2)cc1. The third-order valence-corrected chi connectivity index (χ3v) is 2.23. The second-order valence-electron chi connectivity index (χ2n) is 3.44. The molecule has 0 saturated carbocycles. The van der Waals surface area contributed by atoms with E-state index in [0.717, 1.165) is 0 Å². The molecule has 0 bridgehead atoms. The minimum absolute atomic E-state index is 0.244. The molecular weight excluding hydrogens is 220 g/mol. The molecule has 3 N–H and O–H groups in total. The minimum atomic E-state index is -0.647. The molecular formula is C11H10N4O2. The third kappa shape index (κ3) is 2.30. The first-order valence-electron chi connectivity index (χ1n) is 4.95. The summed E-state index contributed by atoms with van der Waals surface area (Å²) in [4.78, 5) is 4.06. The van der Waals surface area contributed by atoms with Crippen LogP contribution in [0.2, 0.25) is 0 Å². The lowest BCUT2D eigenvalue weighted by atomic mass is 10.1. The Bertz CT molecular complexity index is 541. The van der Waals surface area contributed by atoms with Crippen LogP contribution in [-0.4, -0.2) is 21.9 Å². The number of aromatic nitrogens is 2. The summed E-state index contributed by atoms with van der Waals surface area (Å²) in [5.41, 5.74) is 6.81. The van der Waals surface area contributed by atoms with E-state index < -0.39 is 6.04 Å². The van der Waals surface area contributed by atoms with Gasteiger partial charge in [-0.05, 0) is 24.3 Å². The lowest BCUT2D eigenvalue weighted by Crippen LogP contribution is -2.15. The van der Waals surface area contributed by atoms with Gasteiger partial charge in [0.2, 0.25) is 0 Å². The molecule has 0 radical (unpaired) electrons. The fourth-order valence-corrected chi connectivity index (χ4v) is 1.27. The van der Waals surface area contributed by atoms with E-state index in [4.69, 9.17) is 20.6 Å². The molecule has 0 spiro atoms. The van der Waals surface area contributed by atoms with Crippen molar-refractivity contribution in [3.05, 3.63) is 35.7 Å². The molecule has 17 heavy (non-hydrogen) atoms. The van der Waals surface area contributed by atoms with Crippen molar-refractivity contribution < 1.29 is 9.63 Å².